The number of pyridine rings is 1. The van der Waals surface area contributed by atoms with Crippen LogP contribution in [0.4, 0.5) is 26.3 Å². The molecule has 2 atom stereocenters. The van der Waals surface area contributed by atoms with Crippen LogP contribution in [0.5, 0.6) is 5.75 Å². The Balaban J connectivity index is 1.58. The van der Waals surface area contributed by atoms with Crippen molar-refractivity contribution >= 4 is 11.4 Å². The van der Waals surface area contributed by atoms with E-state index in [1.165, 1.54) is 10.5 Å². The van der Waals surface area contributed by atoms with E-state index in [9.17, 15) is 36.2 Å². The number of hydrogen-bond acceptors (Lipinski definition) is 4. The van der Waals surface area contributed by atoms with Crippen molar-refractivity contribution in [2.24, 2.45) is 5.92 Å². The number of fused-ring (bicyclic) bond motifs is 2. The van der Waals surface area contributed by atoms with Gasteiger partial charge in [-0.3, -0.25) is 9.20 Å². The molecule has 194 valence electrons. The van der Waals surface area contributed by atoms with Gasteiger partial charge in [0.2, 0.25) is 0 Å². The molecule has 36 heavy (non-hydrogen) atoms. The molecule has 1 N–H and O–H groups in total. The first-order chi connectivity index (χ1) is 16.8. The molecule has 4 rings (SSSR count). The van der Waals surface area contributed by atoms with Crippen LogP contribution in [-0.4, -0.2) is 45.3 Å². The lowest BCUT2D eigenvalue weighted by atomic mass is 9.93. The van der Waals surface area contributed by atoms with Crippen LogP contribution < -0.4 is 4.74 Å². The van der Waals surface area contributed by atoms with Gasteiger partial charge in [0.25, 0.3) is 0 Å². The Kier molecular flexibility index (Phi) is 6.80. The van der Waals surface area contributed by atoms with E-state index in [0.29, 0.717) is 17.7 Å². The number of nitrogens with zero attached hydrogens (tertiary/aromatic N) is 2. The summed E-state index contributed by atoms with van der Waals surface area (Å²) >= 11 is 0. The number of rotatable bonds is 7. The van der Waals surface area contributed by atoms with Gasteiger partial charge in [0.1, 0.15) is 5.69 Å². The molecule has 0 bridgehead atoms. The predicted octanol–water partition coefficient (Wildman–Crippen LogP) is 5.73. The Bertz CT molecular complexity index is 1270. The first-order valence-corrected chi connectivity index (χ1v) is 11.3. The minimum atomic E-state index is -5.45. The Morgan fingerprint density at radius 2 is 1.83 bits per heavy atom. The number of hydrogen-bond donors (Lipinski definition) is 1. The number of benzene rings is 1. The van der Waals surface area contributed by atoms with Gasteiger partial charge in [0.05, 0.1) is 18.4 Å². The molecule has 11 heteroatoms. The number of carbonyl (C=O) groups is 1. The molecule has 2 unspecified atom stereocenters. The van der Waals surface area contributed by atoms with E-state index >= 15 is 0 Å². The third-order valence-electron chi connectivity index (χ3n) is 6.47. The van der Waals surface area contributed by atoms with Crippen molar-refractivity contribution in [3.05, 3.63) is 64.6 Å². The van der Waals surface area contributed by atoms with Crippen LogP contribution in [0.3, 0.4) is 0 Å². The molecular weight excluding hydrogens is 490 g/mol. The minimum Gasteiger partial charge on any atom is -0.490 e. The van der Waals surface area contributed by atoms with Crippen LogP contribution in [0.25, 0.3) is 5.65 Å². The van der Waals surface area contributed by atoms with Crippen LogP contribution in [-0.2, 0) is 6.42 Å². The van der Waals surface area contributed by atoms with Crippen LogP contribution in [0, 0.1) is 19.8 Å². The molecule has 0 radical (unpaired) electrons. The number of halogens is 6. The molecule has 1 aliphatic rings. The Labute approximate surface area is 202 Å². The zero-order chi connectivity index (χ0) is 26.4. The second kappa shape index (κ2) is 9.42. The van der Waals surface area contributed by atoms with E-state index in [-0.39, 0.29) is 29.3 Å². The molecule has 0 amide bonds. The highest BCUT2D eigenvalue weighted by Gasteiger charge is 2.56. The summed E-state index contributed by atoms with van der Waals surface area (Å²) in [5, 5.41) is 10.5. The molecule has 3 aromatic rings. The quantitative estimate of drug-likeness (QED) is 0.323. The summed E-state index contributed by atoms with van der Waals surface area (Å²) in [6, 6.07) is 8.92. The standard InChI is InChI=1S/C25H24F6N2O3/c1-13-9-20(36-8-7-21(24(26,27)28)25(29,30)31)23-32-14(2)22(33(23)12-13)19(35)11-17-16-6-4-3-5-15(16)10-18(17)34/h3-6,9,12,17-18,21,34H,7-8,10-11H2,1-2H3. The van der Waals surface area contributed by atoms with Gasteiger partial charge >= 0.3 is 12.4 Å². The monoisotopic (exact) mass is 514 g/mol. The largest absolute Gasteiger partial charge is 0.490 e. The fourth-order valence-electron chi connectivity index (χ4n) is 4.80. The Morgan fingerprint density at radius 3 is 2.50 bits per heavy atom. The second-order valence-electron chi connectivity index (χ2n) is 9.10. The molecule has 2 aromatic heterocycles. The molecule has 0 saturated heterocycles. The van der Waals surface area contributed by atoms with Crippen LogP contribution in [0.15, 0.2) is 36.5 Å². The van der Waals surface area contributed by atoms with Crippen molar-refractivity contribution in [2.75, 3.05) is 6.61 Å². The molecule has 0 fully saturated rings. The van der Waals surface area contributed by atoms with E-state index in [4.69, 9.17) is 4.74 Å². The number of ether oxygens (including phenoxy) is 1. The number of aromatic nitrogens is 2. The Hall–Kier alpha value is -3.08. The summed E-state index contributed by atoms with van der Waals surface area (Å²) in [4.78, 5) is 17.7. The summed E-state index contributed by atoms with van der Waals surface area (Å²) in [5.74, 6) is -4.23. The highest BCUT2D eigenvalue weighted by Crippen LogP contribution is 2.41. The average molecular weight is 514 g/mol. The molecule has 2 heterocycles. The van der Waals surface area contributed by atoms with Crippen molar-refractivity contribution < 1.29 is 41.0 Å². The molecule has 0 spiro atoms. The number of carbonyl (C=O) groups excluding carboxylic acids is 1. The van der Waals surface area contributed by atoms with Gasteiger partial charge < -0.3 is 9.84 Å². The number of aryl methyl sites for hydroxylation is 2. The van der Waals surface area contributed by atoms with E-state index < -0.39 is 43.3 Å². The van der Waals surface area contributed by atoms with Gasteiger partial charge in [0.15, 0.2) is 23.1 Å². The fraction of sp³-hybridized carbons (Fsp3) is 0.440. The summed E-state index contributed by atoms with van der Waals surface area (Å²) in [6.45, 7) is 2.39. The SMILES string of the molecule is Cc1cc(OCCC(C(F)(F)F)C(F)(F)F)c2nc(C)c(C(=O)CC3c4ccccc4CC3O)n2c1. The Morgan fingerprint density at radius 1 is 1.17 bits per heavy atom. The molecule has 1 aliphatic carbocycles. The summed E-state index contributed by atoms with van der Waals surface area (Å²) in [6.07, 6.45) is -10.9. The lowest BCUT2D eigenvalue weighted by Gasteiger charge is -2.22. The molecule has 1 aromatic carbocycles. The van der Waals surface area contributed by atoms with Gasteiger partial charge in [-0.25, -0.2) is 4.98 Å². The number of Topliss-reactive ketones (excluding diaryl/α,β-unsaturated/α-hetero) is 1. The normalized spacial score (nSPS) is 18.2. The van der Waals surface area contributed by atoms with Crippen molar-refractivity contribution in [1.82, 2.24) is 9.38 Å². The third kappa shape index (κ3) is 5.07. The van der Waals surface area contributed by atoms with Crippen LogP contribution >= 0.6 is 0 Å². The van der Waals surface area contributed by atoms with Gasteiger partial charge in [-0.05, 0) is 43.0 Å². The first kappa shape index (κ1) is 26.0. The van der Waals surface area contributed by atoms with E-state index in [0.717, 1.165) is 11.1 Å². The van der Waals surface area contributed by atoms with Gasteiger partial charge in [0, 0.05) is 25.0 Å². The smallest absolute Gasteiger partial charge is 0.400 e. The zero-order valence-corrected chi connectivity index (χ0v) is 19.5. The van der Waals surface area contributed by atoms with Crippen molar-refractivity contribution in [3.8, 4) is 5.75 Å². The average Bonchev–Trinajstić information content (AvgIpc) is 3.25. The van der Waals surface area contributed by atoms with Gasteiger partial charge in [-0.1, -0.05) is 24.3 Å². The minimum absolute atomic E-state index is 0.00971. The van der Waals surface area contributed by atoms with Crippen molar-refractivity contribution in [2.45, 2.75) is 57.5 Å². The third-order valence-corrected chi connectivity index (χ3v) is 6.47. The van der Waals surface area contributed by atoms with E-state index in [1.54, 1.807) is 20.0 Å². The highest BCUT2D eigenvalue weighted by molar-refractivity contribution is 5.97. The van der Waals surface area contributed by atoms with E-state index in [2.05, 4.69) is 4.98 Å². The molecule has 5 nitrogen and oxygen atoms in total. The molecule has 0 aliphatic heterocycles. The maximum absolute atomic E-state index is 13.3. The lowest BCUT2D eigenvalue weighted by molar-refractivity contribution is -0.286. The number of imidazole rings is 1. The topological polar surface area (TPSA) is 63.8 Å². The number of aliphatic hydroxyl groups is 1. The first-order valence-electron chi connectivity index (χ1n) is 11.3. The summed E-state index contributed by atoms with van der Waals surface area (Å²) in [5.41, 5.74) is 3.11. The maximum Gasteiger partial charge on any atom is 0.400 e. The second-order valence-corrected chi connectivity index (χ2v) is 9.10. The summed E-state index contributed by atoms with van der Waals surface area (Å²) < 4.78 is 83.8. The van der Waals surface area contributed by atoms with E-state index in [1.807, 2.05) is 24.3 Å². The van der Waals surface area contributed by atoms with Crippen LogP contribution in [0.2, 0.25) is 0 Å². The van der Waals surface area contributed by atoms with Crippen molar-refractivity contribution in [1.29, 1.82) is 0 Å². The number of ketones is 1. The maximum atomic E-state index is 13.3. The number of aliphatic hydroxyl groups excluding tert-OH is 1. The number of alkyl halides is 6. The molecular formula is C25H24F6N2O3. The molecule has 0 saturated carbocycles. The van der Waals surface area contributed by atoms with Gasteiger partial charge in [-0.15, -0.1) is 0 Å². The fourth-order valence-corrected chi connectivity index (χ4v) is 4.80. The highest BCUT2D eigenvalue weighted by atomic mass is 19.4. The van der Waals surface area contributed by atoms with Crippen molar-refractivity contribution in [3.63, 3.8) is 0 Å². The predicted molar refractivity (Wildman–Crippen MR) is 118 cm³/mol. The summed E-state index contributed by atoms with van der Waals surface area (Å²) in [7, 11) is 0. The van der Waals surface area contributed by atoms with Crippen LogP contribution in [0.1, 0.15) is 51.6 Å². The zero-order valence-electron chi connectivity index (χ0n) is 19.5. The lowest BCUT2D eigenvalue weighted by Crippen LogP contribution is -2.37. The van der Waals surface area contributed by atoms with Gasteiger partial charge in [-0.2, -0.15) is 26.3 Å².